The number of benzene rings is 2. The fraction of sp³-hybridized carbons (Fsp3) is 0.458. The molecule has 0 bridgehead atoms. The Bertz CT molecular complexity index is 1140. The Morgan fingerprint density at radius 2 is 1.77 bits per heavy atom. The Hall–Kier alpha value is -2.64. The topological polar surface area (TPSA) is 54.6 Å². The first-order chi connectivity index (χ1) is 14.9. The lowest BCUT2D eigenvalue weighted by Gasteiger charge is -2.35. The van der Waals surface area contributed by atoms with E-state index in [1.165, 1.54) is 6.07 Å². The Morgan fingerprint density at radius 1 is 1.00 bits per heavy atom. The van der Waals surface area contributed by atoms with Gasteiger partial charge in [-0.15, -0.1) is 0 Å². The Kier molecular flexibility index (Phi) is 6.16. The van der Waals surface area contributed by atoms with Crippen LogP contribution in [0, 0.1) is 5.82 Å². The summed E-state index contributed by atoms with van der Waals surface area (Å²) in [5.41, 5.74) is 3.43. The van der Waals surface area contributed by atoms with Crippen molar-refractivity contribution in [2.24, 2.45) is 14.1 Å². The monoisotopic (exact) mass is 428 g/mol. The standard InChI is InChI=1S/C24H29FN2O4/c1-26-21-8-5-15(9-22(21)27(2)24(26)28)14-31-19-11-16(10-17(25)12-19)20-7-6-18(29-3)13-23(20)30-4/h5,8-12,18,20,23H,6-7,13-14H2,1-4H3/t18-,20?,23+/m0/s1. The SMILES string of the molecule is CO[C@H]1CCC(c2cc(F)cc(OCc3ccc4c(c3)n(C)c(=O)n4C)c2)[C@H](OC)C1. The fourth-order valence-corrected chi connectivity index (χ4v) is 4.64. The van der Waals surface area contributed by atoms with Gasteiger partial charge in [0.25, 0.3) is 0 Å². The molecule has 0 radical (unpaired) electrons. The van der Waals surface area contributed by atoms with Gasteiger partial charge in [-0.25, -0.2) is 9.18 Å². The number of aryl methyl sites for hydroxylation is 2. The van der Waals surface area contributed by atoms with Gasteiger partial charge in [0.15, 0.2) is 0 Å². The maximum atomic E-state index is 14.4. The number of methoxy groups -OCH3 is 2. The molecule has 3 aromatic rings. The van der Waals surface area contributed by atoms with E-state index in [2.05, 4.69) is 0 Å². The fourth-order valence-electron chi connectivity index (χ4n) is 4.64. The second kappa shape index (κ2) is 8.85. The number of fused-ring (bicyclic) bond motifs is 1. The number of hydrogen-bond acceptors (Lipinski definition) is 4. The van der Waals surface area contributed by atoms with Gasteiger partial charge < -0.3 is 14.2 Å². The second-order valence-electron chi connectivity index (χ2n) is 8.28. The number of ether oxygens (including phenoxy) is 3. The predicted octanol–water partition coefficient (Wildman–Crippen LogP) is 3.89. The van der Waals surface area contributed by atoms with E-state index >= 15 is 0 Å². The normalized spacial score (nSPS) is 21.5. The van der Waals surface area contributed by atoms with Crippen molar-refractivity contribution in [1.29, 1.82) is 0 Å². The first kappa shape index (κ1) is 21.6. The average molecular weight is 429 g/mol. The lowest BCUT2D eigenvalue weighted by molar-refractivity contribution is -0.0215. The molecule has 0 aliphatic heterocycles. The Labute approximate surface area is 181 Å². The van der Waals surface area contributed by atoms with Gasteiger partial charge in [-0.2, -0.15) is 0 Å². The zero-order valence-corrected chi connectivity index (χ0v) is 18.4. The minimum Gasteiger partial charge on any atom is -0.489 e. The third-order valence-electron chi connectivity index (χ3n) is 6.44. The minimum atomic E-state index is -0.322. The average Bonchev–Trinajstić information content (AvgIpc) is 3.00. The van der Waals surface area contributed by atoms with Crippen LogP contribution in [0.25, 0.3) is 11.0 Å². The third kappa shape index (κ3) is 4.25. The summed E-state index contributed by atoms with van der Waals surface area (Å²) in [6.07, 6.45) is 2.74. The molecule has 1 saturated carbocycles. The van der Waals surface area contributed by atoms with E-state index in [0.29, 0.717) is 5.75 Å². The first-order valence-corrected chi connectivity index (χ1v) is 10.5. The zero-order chi connectivity index (χ0) is 22.1. The summed E-state index contributed by atoms with van der Waals surface area (Å²) in [7, 11) is 6.91. The van der Waals surface area contributed by atoms with Crippen molar-refractivity contribution in [1.82, 2.24) is 9.13 Å². The molecule has 31 heavy (non-hydrogen) atoms. The molecule has 1 fully saturated rings. The van der Waals surface area contributed by atoms with Gasteiger partial charge in [0.1, 0.15) is 18.2 Å². The van der Waals surface area contributed by atoms with Crippen LogP contribution in [-0.4, -0.2) is 35.6 Å². The van der Waals surface area contributed by atoms with Crippen molar-refractivity contribution in [3.8, 4) is 5.75 Å². The van der Waals surface area contributed by atoms with E-state index in [1.54, 1.807) is 43.5 Å². The molecule has 0 amide bonds. The lowest BCUT2D eigenvalue weighted by Crippen LogP contribution is -2.33. The van der Waals surface area contributed by atoms with Gasteiger partial charge >= 0.3 is 5.69 Å². The maximum absolute atomic E-state index is 14.4. The maximum Gasteiger partial charge on any atom is 0.328 e. The summed E-state index contributed by atoms with van der Waals surface area (Å²) in [4.78, 5) is 12.1. The molecule has 6 nitrogen and oxygen atoms in total. The van der Waals surface area contributed by atoms with Gasteiger partial charge in [-0.1, -0.05) is 6.07 Å². The van der Waals surface area contributed by atoms with Gasteiger partial charge in [-0.3, -0.25) is 9.13 Å². The molecule has 2 aromatic carbocycles. The zero-order valence-electron chi connectivity index (χ0n) is 18.4. The van der Waals surface area contributed by atoms with Crippen LogP contribution in [0.3, 0.4) is 0 Å². The lowest BCUT2D eigenvalue weighted by atomic mass is 9.80. The second-order valence-corrected chi connectivity index (χ2v) is 8.28. The van der Waals surface area contributed by atoms with Crippen molar-refractivity contribution in [2.75, 3.05) is 14.2 Å². The molecule has 4 rings (SSSR count). The summed E-state index contributed by atoms with van der Waals surface area (Å²) >= 11 is 0. The number of nitrogens with zero attached hydrogens (tertiary/aromatic N) is 2. The van der Waals surface area contributed by atoms with Crippen LogP contribution < -0.4 is 10.4 Å². The highest BCUT2D eigenvalue weighted by Crippen LogP contribution is 2.37. The molecule has 0 spiro atoms. The highest BCUT2D eigenvalue weighted by atomic mass is 19.1. The van der Waals surface area contributed by atoms with Crippen molar-refractivity contribution >= 4 is 11.0 Å². The molecule has 0 N–H and O–H groups in total. The molecule has 0 saturated heterocycles. The quantitative estimate of drug-likeness (QED) is 0.598. The molecular weight excluding hydrogens is 399 g/mol. The third-order valence-corrected chi connectivity index (χ3v) is 6.44. The summed E-state index contributed by atoms with van der Waals surface area (Å²) in [6, 6.07) is 10.7. The van der Waals surface area contributed by atoms with Gasteiger partial charge in [0.05, 0.1) is 23.2 Å². The molecule has 7 heteroatoms. The van der Waals surface area contributed by atoms with Crippen LogP contribution in [0.4, 0.5) is 4.39 Å². The van der Waals surface area contributed by atoms with Crippen molar-refractivity contribution in [2.45, 2.75) is 44.0 Å². The van der Waals surface area contributed by atoms with Gasteiger partial charge in [0, 0.05) is 46.7 Å². The van der Waals surface area contributed by atoms with Crippen LogP contribution in [0.2, 0.25) is 0 Å². The predicted molar refractivity (Wildman–Crippen MR) is 117 cm³/mol. The Balaban J connectivity index is 1.53. The van der Waals surface area contributed by atoms with Crippen molar-refractivity contribution < 1.29 is 18.6 Å². The molecule has 166 valence electrons. The van der Waals surface area contributed by atoms with Gasteiger partial charge in [-0.05, 0) is 48.2 Å². The summed E-state index contributed by atoms with van der Waals surface area (Å²) in [5, 5.41) is 0. The van der Waals surface area contributed by atoms with E-state index in [9.17, 15) is 9.18 Å². The number of hydrogen-bond donors (Lipinski definition) is 0. The van der Waals surface area contributed by atoms with Crippen LogP contribution in [-0.2, 0) is 30.2 Å². The summed E-state index contributed by atoms with van der Waals surface area (Å²) in [5.74, 6) is 0.266. The molecule has 1 aromatic heterocycles. The molecule has 3 atom stereocenters. The first-order valence-electron chi connectivity index (χ1n) is 10.5. The Morgan fingerprint density at radius 3 is 2.52 bits per heavy atom. The van der Waals surface area contributed by atoms with Crippen molar-refractivity contribution in [3.05, 3.63) is 63.8 Å². The molecule has 1 aliphatic carbocycles. The molecule has 1 aliphatic rings. The van der Waals surface area contributed by atoms with E-state index in [1.807, 2.05) is 24.3 Å². The smallest absolute Gasteiger partial charge is 0.328 e. The van der Waals surface area contributed by atoms with Crippen LogP contribution in [0.1, 0.15) is 36.3 Å². The van der Waals surface area contributed by atoms with Gasteiger partial charge in [0.2, 0.25) is 0 Å². The molecular formula is C24H29FN2O4. The number of rotatable bonds is 6. The number of aromatic nitrogens is 2. The van der Waals surface area contributed by atoms with Crippen LogP contribution >= 0.6 is 0 Å². The summed E-state index contributed by atoms with van der Waals surface area (Å²) < 4.78 is 34.8. The molecule has 1 unspecified atom stereocenters. The summed E-state index contributed by atoms with van der Waals surface area (Å²) in [6.45, 7) is 0.284. The van der Waals surface area contributed by atoms with E-state index in [4.69, 9.17) is 14.2 Å². The number of imidazole rings is 1. The highest BCUT2D eigenvalue weighted by Gasteiger charge is 2.32. The van der Waals surface area contributed by atoms with E-state index < -0.39 is 0 Å². The minimum absolute atomic E-state index is 0.0184. The van der Waals surface area contributed by atoms with E-state index in [-0.39, 0.29) is 36.2 Å². The largest absolute Gasteiger partial charge is 0.489 e. The molecule has 1 heterocycles. The number of halogens is 1. The van der Waals surface area contributed by atoms with Crippen molar-refractivity contribution in [3.63, 3.8) is 0 Å². The van der Waals surface area contributed by atoms with Crippen LogP contribution in [0.5, 0.6) is 5.75 Å². The van der Waals surface area contributed by atoms with E-state index in [0.717, 1.165) is 41.4 Å². The van der Waals surface area contributed by atoms with Crippen LogP contribution in [0.15, 0.2) is 41.2 Å². The highest BCUT2D eigenvalue weighted by molar-refractivity contribution is 5.76.